The zero-order valence-electron chi connectivity index (χ0n) is 18.1. The number of thiophene rings is 1. The van der Waals surface area contributed by atoms with E-state index in [2.05, 4.69) is 40.0 Å². The van der Waals surface area contributed by atoms with E-state index in [4.69, 9.17) is 0 Å². The van der Waals surface area contributed by atoms with Crippen molar-refractivity contribution in [2.45, 2.75) is 25.8 Å². The van der Waals surface area contributed by atoms with Gasteiger partial charge >= 0.3 is 0 Å². The average molecular weight is 477 g/mol. The van der Waals surface area contributed by atoms with Crippen molar-refractivity contribution in [1.82, 2.24) is 4.98 Å². The van der Waals surface area contributed by atoms with Crippen molar-refractivity contribution in [2.75, 3.05) is 16.0 Å². The van der Waals surface area contributed by atoms with Crippen LogP contribution in [0.25, 0.3) is 0 Å². The third kappa shape index (κ3) is 6.74. The van der Waals surface area contributed by atoms with Crippen molar-refractivity contribution in [1.29, 1.82) is 0 Å². The van der Waals surface area contributed by atoms with Crippen LogP contribution in [0.3, 0.4) is 0 Å². The van der Waals surface area contributed by atoms with Gasteiger partial charge in [-0.25, -0.2) is 4.98 Å². The first kappa shape index (κ1) is 22.7. The molecule has 0 fully saturated rings. The van der Waals surface area contributed by atoms with Gasteiger partial charge in [0.2, 0.25) is 11.8 Å². The average Bonchev–Trinajstić information content (AvgIpc) is 3.47. The molecule has 0 saturated carbocycles. The first-order chi connectivity index (χ1) is 16.0. The lowest BCUT2D eigenvalue weighted by atomic mass is 10.1. The third-order valence-electron chi connectivity index (χ3n) is 4.91. The topological polar surface area (TPSA) is 83.1 Å². The standard InChI is InChI=1S/C25H24N4O2S2/c1-17(18-6-3-2-4-7-18)26-19-9-11-20(12-10-19)27-23(30)14-21-16-33-25(28-21)29-24(31)15-22-8-5-13-32-22/h2-13,16-17,26H,14-15H2,1H3,(H,27,30)(H,28,29,31). The van der Waals surface area contributed by atoms with Gasteiger partial charge < -0.3 is 16.0 Å². The fourth-order valence-electron chi connectivity index (χ4n) is 3.27. The number of amides is 2. The highest BCUT2D eigenvalue weighted by Crippen LogP contribution is 2.21. The second kappa shape index (κ2) is 10.9. The number of thiazole rings is 1. The smallest absolute Gasteiger partial charge is 0.231 e. The molecule has 0 aliphatic heterocycles. The summed E-state index contributed by atoms with van der Waals surface area (Å²) in [5.74, 6) is -0.270. The number of hydrogen-bond donors (Lipinski definition) is 3. The molecule has 0 aliphatic rings. The lowest BCUT2D eigenvalue weighted by Gasteiger charge is -2.16. The van der Waals surface area contributed by atoms with Crippen LogP contribution < -0.4 is 16.0 Å². The molecule has 168 valence electrons. The Bertz CT molecular complexity index is 1190. The number of hydrogen-bond acceptors (Lipinski definition) is 6. The minimum atomic E-state index is -0.157. The van der Waals surface area contributed by atoms with Crippen LogP contribution in [0, 0.1) is 0 Å². The minimum absolute atomic E-state index is 0.113. The highest BCUT2D eigenvalue weighted by atomic mass is 32.1. The van der Waals surface area contributed by atoms with Crippen molar-refractivity contribution < 1.29 is 9.59 Å². The number of nitrogens with one attached hydrogen (secondary N) is 3. The fourth-order valence-corrected chi connectivity index (χ4v) is 4.70. The SMILES string of the molecule is CC(Nc1ccc(NC(=O)Cc2csc(NC(=O)Cc3cccs3)n2)cc1)c1ccccc1. The van der Waals surface area contributed by atoms with Crippen molar-refractivity contribution in [3.05, 3.63) is 93.6 Å². The Morgan fingerprint density at radius 2 is 1.58 bits per heavy atom. The summed E-state index contributed by atoms with van der Waals surface area (Å²) in [5.41, 5.74) is 3.53. The lowest BCUT2D eigenvalue weighted by Crippen LogP contribution is -2.15. The second-order valence-electron chi connectivity index (χ2n) is 7.53. The molecule has 0 saturated heterocycles. The van der Waals surface area contributed by atoms with E-state index >= 15 is 0 Å². The molecule has 2 heterocycles. The van der Waals surface area contributed by atoms with Crippen LogP contribution in [0.15, 0.2) is 77.5 Å². The Hall–Kier alpha value is -3.49. The number of benzene rings is 2. The molecule has 3 N–H and O–H groups in total. The summed E-state index contributed by atoms with van der Waals surface area (Å²) >= 11 is 2.86. The highest BCUT2D eigenvalue weighted by molar-refractivity contribution is 7.14. The van der Waals surface area contributed by atoms with Gasteiger partial charge in [0.15, 0.2) is 5.13 Å². The summed E-state index contributed by atoms with van der Waals surface area (Å²) in [6.07, 6.45) is 0.463. The van der Waals surface area contributed by atoms with Gasteiger partial charge in [0.25, 0.3) is 0 Å². The molecule has 4 aromatic rings. The van der Waals surface area contributed by atoms with Crippen LogP contribution in [-0.2, 0) is 22.4 Å². The van der Waals surface area contributed by atoms with Crippen molar-refractivity contribution in [2.24, 2.45) is 0 Å². The van der Waals surface area contributed by atoms with Gasteiger partial charge in [0.05, 0.1) is 18.5 Å². The zero-order chi connectivity index (χ0) is 23.0. The van der Waals surface area contributed by atoms with E-state index < -0.39 is 0 Å². The predicted octanol–water partition coefficient (Wildman–Crippen LogP) is 5.74. The van der Waals surface area contributed by atoms with Crippen LogP contribution in [-0.4, -0.2) is 16.8 Å². The number of aromatic nitrogens is 1. The highest BCUT2D eigenvalue weighted by Gasteiger charge is 2.11. The van der Waals surface area contributed by atoms with E-state index in [9.17, 15) is 9.59 Å². The molecule has 4 rings (SSSR count). The quantitative estimate of drug-likeness (QED) is 0.288. The van der Waals surface area contributed by atoms with Crippen LogP contribution in [0.4, 0.5) is 16.5 Å². The van der Waals surface area contributed by atoms with Crippen LogP contribution in [0.2, 0.25) is 0 Å². The van der Waals surface area contributed by atoms with Gasteiger partial charge in [0, 0.05) is 27.7 Å². The monoisotopic (exact) mass is 476 g/mol. The molecule has 2 aromatic carbocycles. The van der Waals surface area contributed by atoms with Gasteiger partial charge in [0.1, 0.15) is 0 Å². The number of rotatable bonds is 9. The van der Waals surface area contributed by atoms with Gasteiger partial charge in [-0.2, -0.15) is 0 Å². The molecule has 0 aliphatic carbocycles. The van der Waals surface area contributed by atoms with Crippen molar-refractivity contribution in [3.8, 4) is 0 Å². The summed E-state index contributed by atoms with van der Waals surface area (Å²) in [4.78, 5) is 29.9. The number of nitrogens with zero attached hydrogens (tertiary/aromatic N) is 1. The van der Waals surface area contributed by atoms with Crippen molar-refractivity contribution in [3.63, 3.8) is 0 Å². The van der Waals surface area contributed by atoms with E-state index in [1.165, 1.54) is 16.9 Å². The minimum Gasteiger partial charge on any atom is -0.379 e. The summed E-state index contributed by atoms with van der Waals surface area (Å²) in [6, 6.07) is 21.9. The Morgan fingerprint density at radius 1 is 0.848 bits per heavy atom. The Kier molecular flexibility index (Phi) is 7.49. The second-order valence-corrected chi connectivity index (χ2v) is 9.42. The molecular weight excluding hydrogens is 452 g/mol. The number of carbonyl (C=O) groups is 2. The first-order valence-corrected chi connectivity index (χ1v) is 12.3. The predicted molar refractivity (Wildman–Crippen MR) is 136 cm³/mol. The molecule has 0 radical (unpaired) electrons. The Balaban J connectivity index is 1.25. The molecular formula is C25H24N4O2S2. The molecule has 2 aromatic heterocycles. The molecule has 8 heteroatoms. The fraction of sp³-hybridized carbons (Fsp3) is 0.160. The molecule has 6 nitrogen and oxygen atoms in total. The van der Waals surface area contributed by atoms with Crippen molar-refractivity contribution >= 4 is 51.0 Å². The number of carbonyl (C=O) groups excluding carboxylic acids is 2. The molecule has 0 spiro atoms. The van der Waals surface area contributed by atoms with Gasteiger partial charge in [-0.15, -0.1) is 22.7 Å². The van der Waals surface area contributed by atoms with Gasteiger partial charge in [-0.1, -0.05) is 36.4 Å². The summed E-state index contributed by atoms with van der Waals surface area (Å²) in [5, 5.41) is 13.4. The van der Waals surface area contributed by atoms with Gasteiger partial charge in [-0.3, -0.25) is 9.59 Å². The molecule has 2 amide bonds. The maximum Gasteiger partial charge on any atom is 0.231 e. The van der Waals surface area contributed by atoms with E-state index in [0.29, 0.717) is 17.2 Å². The maximum atomic E-state index is 12.4. The summed E-state index contributed by atoms with van der Waals surface area (Å²) in [7, 11) is 0. The zero-order valence-corrected chi connectivity index (χ0v) is 19.7. The third-order valence-corrected chi connectivity index (χ3v) is 6.59. The summed E-state index contributed by atoms with van der Waals surface area (Å²) < 4.78 is 0. The molecule has 33 heavy (non-hydrogen) atoms. The largest absolute Gasteiger partial charge is 0.379 e. The van der Waals surface area contributed by atoms with Crippen LogP contribution >= 0.6 is 22.7 Å². The molecule has 0 bridgehead atoms. The normalized spacial score (nSPS) is 11.5. The van der Waals surface area contributed by atoms with E-state index in [-0.39, 0.29) is 24.3 Å². The van der Waals surface area contributed by atoms with E-state index in [1.54, 1.807) is 16.7 Å². The molecule has 1 atom stereocenters. The van der Waals surface area contributed by atoms with E-state index in [1.807, 2.05) is 60.0 Å². The Labute approximate surface area is 200 Å². The number of anilines is 3. The van der Waals surface area contributed by atoms with Crippen LogP contribution in [0.5, 0.6) is 0 Å². The van der Waals surface area contributed by atoms with E-state index in [0.717, 1.165) is 16.3 Å². The van der Waals surface area contributed by atoms with Gasteiger partial charge in [-0.05, 0) is 48.2 Å². The van der Waals surface area contributed by atoms with Crippen LogP contribution in [0.1, 0.15) is 29.1 Å². The maximum absolute atomic E-state index is 12.4. The first-order valence-electron chi connectivity index (χ1n) is 10.5. The summed E-state index contributed by atoms with van der Waals surface area (Å²) in [6.45, 7) is 2.11. The lowest BCUT2D eigenvalue weighted by molar-refractivity contribution is -0.116. The molecule has 1 unspecified atom stereocenters. The Morgan fingerprint density at radius 3 is 2.30 bits per heavy atom.